The molecule has 17 heavy (non-hydrogen) atoms. The predicted octanol–water partition coefficient (Wildman–Crippen LogP) is 0.851. The van der Waals surface area contributed by atoms with Crippen LogP contribution in [-0.4, -0.2) is 47.2 Å². The Morgan fingerprint density at radius 3 is 2.88 bits per heavy atom. The van der Waals surface area contributed by atoms with Crippen LogP contribution in [0.3, 0.4) is 0 Å². The van der Waals surface area contributed by atoms with Crippen molar-refractivity contribution in [1.82, 2.24) is 20.4 Å². The molecule has 2 N–H and O–H groups in total. The smallest absolute Gasteiger partial charge is 0.255 e. The lowest BCUT2D eigenvalue weighted by atomic mass is 10.1. The van der Waals surface area contributed by atoms with Crippen LogP contribution >= 0.6 is 0 Å². The van der Waals surface area contributed by atoms with E-state index in [2.05, 4.69) is 27.5 Å². The zero-order valence-electron chi connectivity index (χ0n) is 10.7. The lowest BCUT2D eigenvalue weighted by Gasteiger charge is -2.19. The molecule has 5 nitrogen and oxygen atoms in total. The summed E-state index contributed by atoms with van der Waals surface area (Å²) in [4.78, 5) is 14.3. The highest BCUT2D eigenvalue weighted by atomic mass is 16.1. The first-order valence-electron chi connectivity index (χ1n) is 6.09. The van der Waals surface area contributed by atoms with Crippen molar-refractivity contribution in [2.24, 2.45) is 0 Å². The van der Waals surface area contributed by atoms with Gasteiger partial charge in [0, 0.05) is 18.3 Å². The van der Waals surface area contributed by atoms with Crippen LogP contribution in [0, 0.1) is 13.8 Å². The normalized spacial score (nSPS) is 20.8. The molecule has 1 aliphatic rings. The number of carbonyl (C=O) groups is 1. The molecule has 1 saturated heterocycles. The predicted molar refractivity (Wildman–Crippen MR) is 66.0 cm³/mol. The second-order valence-corrected chi connectivity index (χ2v) is 4.80. The quantitative estimate of drug-likeness (QED) is 0.818. The van der Waals surface area contributed by atoms with Gasteiger partial charge in [0.15, 0.2) is 0 Å². The van der Waals surface area contributed by atoms with Gasteiger partial charge in [0.1, 0.15) is 0 Å². The summed E-state index contributed by atoms with van der Waals surface area (Å²) in [6.45, 7) is 5.57. The number of hydrogen-bond acceptors (Lipinski definition) is 3. The van der Waals surface area contributed by atoms with Crippen LogP contribution in [0.15, 0.2) is 0 Å². The number of H-pyrrole nitrogens is 1. The van der Waals surface area contributed by atoms with Crippen LogP contribution in [-0.2, 0) is 0 Å². The molecule has 1 aromatic rings. The summed E-state index contributed by atoms with van der Waals surface area (Å²) in [6, 6.07) is 0.478. The summed E-state index contributed by atoms with van der Waals surface area (Å²) in [5.41, 5.74) is 2.28. The molecule has 0 bridgehead atoms. The van der Waals surface area contributed by atoms with Gasteiger partial charge in [-0.05, 0) is 40.3 Å². The number of rotatable bonds is 3. The molecule has 1 unspecified atom stereocenters. The topological polar surface area (TPSA) is 61.0 Å². The molecule has 0 spiro atoms. The Kier molecular flexibility index (Phi) is 3.47. The number of aromatic nitrogens is 2. The highest BCUT2D eigenvalue weighted by molar-refractivity contribution is 5.96. The first-order chi connectivity index (χ1) is 8.09. The number of hydrogen-bond donors (Lipinski definition) is 2. The number of nitrogens with zero attached hydrogens (tertiary/aromatic N) is 2. The van der Waals surface area contributed by atoms with E-state index in [-0.39, 0.29) is 5.91 Å². The molecule has 2 heterocycles. The Morgan fingerprint density at radius 1 is 1.59 bits per heavy atom. The Morgan fingerprint density at radius 2 is 2.35 bits per heavy atom. The van der Waals surface area contributed by atoms with Gasteiger partial charge in [0.2, 0.25) is 0 Å². The largest absolute Gasteiger partial charge is 0.350 e. The second-order valence-electron chi connectivity index (χ2n) is 4.80. The Hall–Kier alpha value is -1.36. The van der Waals surface area contributed by atoms with Gasteiger partial charge < -0.3 is 10.2 Å². The molecular weight excluding hydrogens is 216 g/mol. The van der Waals surface area contributed by atoms with Gasteiger partial charge >= 0.3 is 0 Å². The van der Waals surface area contributed by atoms with Crippen LogP contribution in [0.4, 0.5) is 0 Å². The van der Waals surface area contributed by atoms with E-state index in [0.717, 1.165) is 24.5 Å². The summed E-state index contributed by atoms with van der Waals surface area (Å²) in [5, 5.41) is 9.87. The monoisotopic (exact) mass is 236 g/mol. The number of likely N-dealkylation sites (N-methyl/N-ethyl adjacent to an activating group) is 1. The van der Waals surface area contributed by atoms with Gasteiger partial charge in [-0.3, -0.25) is 9.89 Å². The minimum atomic E-state index is -0.0194. The van der Waals surface area contributed by atoms with E-state index in [0.29, 0.717) is 11.6 Å². The first kappa shape index (κ1) is 12.1. The standard InChI is InChI=1S/C12H20N4O/c1-8-11(9(2)15-14-8)12(17)13-7-10-5-4-6-16(10)3/h10H,4-7H2,1-3H3,(H,13,17)(H,14,15). The van der Waals surface area contributed by atoms with Gasteiger partial charge in [0.05, 0.1) is 11.3 Å². The molecule has 1 aromatic heterocycles. The third kappa shape index (κ3) is 2.49. The van der Waals surface area contributed by atoms with Crippen molar-refractivity contribution < 1.29 is 4.79 Å². The maximum Gasteiger partial charge on any atom is 0.255 e. The minimum absolute atomic E-state index is 0.0194. The molecule has 0 saturated carbocycles. The van der Waals surface area contributed by atoms with Gasteiger partial charge in [-0.25, -0.2) is 0 Å². The van der Waals surface area contributed by atoms with Crippen LogP contribution < -0.4 is 5.32 Å². The first-order valence-corrected chi connectivity index (χ1v) is 6.09. The van der Waals surface area contributed by atoms with Crippen molar-refractivity contribution >= 4 is 5.91 Å². The van der Waals surface area contributed by atoms with Crippen LogP contribution in [0.2, 0.25) is 0 Å². The summed E-state index contributed by atoms with van der Waals surface area (Å²) in [7, 11) is 2.11. The molecule has 0 aliphatic carbocycles. The average Bonchev–Trinajstić information content (AvgIpc) is 2.83. The number of aryl methyl sites for hydroxylation is 2. The van der Waals surface area contributed by atoms with E-state index in [1.807, 2.05) is 13.8 Å². The summed E-state index contributed by atoms with van der Waals surface area (Å²) >= 11 is 0. The van der Waals surface area contributed by atoms with Crippen molar-refractivity contribution in [2.75, 3.05) is 20.1 Å². The molecule has 1 aliphatic heterocycles. The molecule has 1 atom stereocenters. The zero-order chi connectivity index (χ0) is 12.4. The number of nitrogens with one attached hydrogen (secondary N) is 2. The van der Waals surface area contributed by atoms with Crippen molar-refractivity contribution in [2.45, 2.75) is 32.7 Å². The third-order valence-electron chi connectivity index (χ3n) is 3.52. The lowest BCUT2D eigenvalue weighted by Crippen LogP contribution is -2.38. The third-order valence-corrected chi connectivity index (χ3v) is 3.52. The fourth-order valence-electron chi connectivity index (χ4n) is 2.42. The molecule has 2 rings (SSSR count). The van der Waals surface area contributed by atoms with E-state index in [9.17, 15) is 4.79 Å². The highest BCUT2D eigenvalue weighted by Gasteiger charge is 2.22. The SMILES string of the molecule is Cc1n[nH]c(C)c1C(=O)NCC1CCCN1C. The molecule has 94 valence electrons. The van der Waals surface area contributed by atoms with Crippen molar-refractivity contribution in [3.8, 4) is 0 Å². The molecule has 5 heteroatoms. The number of aromatic amines is 1. The highest BCUT2D eigenvalue weighted by Crippen LogP contribution is 2.14. The van der Waals surface area contributed by atoms with E-state index in [1.165, 1.54) is 12.8 Å². The van der Waals surface area contributed by atoms with Crippen LogP contribution in [0.5, 0.6) is 0 Å². The number of amides is 1. The van der Waals surface area contributed by atoms with Crippen LogP contribution in [0.1, 0.15) is 34.6 Å². The van der Waals surface area contributed by atoms with Gasteiger partial charge in [-0.2, -0.15) is 5.10 Å². The van der Waals surface area contributed by atoms with Crippen molar-refractivity contribution in [1.29, 1.82) is 0 Å². The van der Waals surface area contributed by atoms with Crippen LogP contribution in [0.25, 0.3) is 0 Å². The van der Waals surface area contributed by atoms with Gasteiger partial charge in [0.25, 0.3) is 5.91 Å². The Labute approximate surface area is 102 Å². The Bertz CT molecular complexity index is 393. The summed E-state index contributed by atoms with van der Waals surface area (Å²) in [5.74, 6) is -0.0194. The van der Waals surface area contributed by atoms with Gasteiger partial charge in [-0.15, -0.1) is 0 Å². The van der Waals surface area contributed by atoms with E-state index in [4.69, 9.17) is 0 Å². The average molecular weight is 236 g/mol. The fraction of sp³-hybridized carbons (Fsp3) is 0.667. The van der Waals surface area contributed by atoms with E-state index >= 15 is 0 Å². The summed E-state index contributed by atoms with van der Waals surface area (Å²) in [6.07, 6.45) is 2.39. The van der Waals surface area contributed by atoms with Gasteiger partial charge in [-0.1, -0.05) is 0 Å². The molecule has 0 aromatic carbocycles. The minimum Gasteiger partial charge on any atom is -0.350 e. The molecule has 1 amide bonds. The van der Waals surface area contributed by atoms with Crippen molar-refractivity contribution in [3.05, 3.63) is 17.0 Å². The van der Waals surface area contributed by atoms with E-state index < -0.39 is 0 Å². The number of likely N-dealkylation sites (tertiary alicyclic amines) is 1. The number of carbonyl (C=O) groups excluding carboxylic acids is 1. The zero-order valence-corrected chi connectivity index (χ0v) is 10.7. The Balaban J connectivity index is 1.94. The summed E-state index contributed by atoms with van der Waals surface area (Å²) < 4.78 is 0. The molecule has 0 radical (unpaired) electrons. The second kappa shape index (κ2) is 4.87. The van der Waals surface area contributed by atoms with E-state index in [1.54, 1.807) is 0 Å². The molecular formula is C12H20N4O. The molecule has 1 fully saturated rings. The fourth-order valence-corrected chi connectivity index (χ4v) is 2.42. The van der Waals surface area contributed by atoms with Crippen molar-refractivity contribution in [3.63, 3.8) is 0 Å². The maximum atomic E-state index is 12.0. The lowest BCUT2D eigenvalue weighted by molar-refractivity contribution is 0.0942. The maximum absolute atomic E-state index is 12.0.